The van der Waals surface area contributed by atoms with E-state index in [4.69, 9.17) is 45.1 Å². The number of nitrogens with zero attached hydrogens (tertiary/aromatic N) is 1. The van der Waals surface area contributed by atoms with Crippen LogP contribution in [-0.2, 0) is 0 Å². The number of benzene rings is 2. The molecule has 0 saturated heterocycles. The maximum atomic E-state index is 6.46. The second kappa shape index (κ2) is 9.56. The highest BCUT2D eigenvalue weighted by atomic mass is 35.5. The van der Waals surface area contributed by atoms with Crippen molar-refractivity contribution >= 4 is 34.8 Å². The molecule has 2 unspecified atom stereocenters. The van der Waals surface area contributed by atoms with Gasteiger partial charge in [0.1, 0.15) is 12.4 Å². The summed E-state index contributed by atoms with van der Waals surface area (Å²) in [7, 11) is 0. The highest BCUT2D eigenvalue weighted by Crippen LogP contribution is 2.38. The van der Waals surface area contributed by atoms with Crippen molar-refractivity contribution in [2.24, 2.45) is 22.2 Å². The van der Waals surface area contributed by atoms with Gasteiger partial charge < -0.3 is 26.8 Å². The Morgan fingerprint density at radius 3 is 2.41 bits per heavy atom. The lowest BCUT2D eigenvalue weighted by Gasteiger charge is -2.17. The molecule has 0 spiro atoms. The zero-order valence-corrected chi connectivity index (χ0v) is 17.0. The summed E-state index contributed by atoms with van der Waals surface area (Å²) in [6.07, 6.45) is 7.05. The summed E-state index contributed by atoms with van der Waals surface area (Å²) >= 11 is 12.9. The van der Waals surface area contributed by atoms with Crippen LogP contribution in [0.4, 0.5) is 5.69 Å². The van der Waals surface area contributed by atoms with Crippen molar-refractivity contribution in [3.05, 3.63) is 70.9 Å². The van der Waals surface area contributed by atoms with Gasteiger partial charge in [-0.15, -0.1) is 0 Å². The van der Waals surface area contributed by atoms with Crippen molar-refractivity contribution in [1.29, 1.82) is 0 Å². The first-order chi connectivity index (χ1) is 13.9. The number of ether oxygens (including phenoxy) is 1. The molecule has 1 aliphatic heterocycles. The van der Waals surface area contributed by atoms with Crippen LogP contribution in [-0.4, -0.2) is 24.9 Å². The van der Waals surface area contributed by atoms with Gasteiger partial charge in [-0.05, 0) is 42.1 Å². The molecule has 152 valence electrons. The molecule has 0 radical (unpaired) electrons. The van der Waals surface area contributed by atoms with Crippen LogP contribution < -0.4 is 32.6 Å². The van der Waals surface area contributed by atoms with E-state index in [-0.39, 0.29) is 12.0 Å². The van der Waals surface area contributed by atoms with Gasteiger partial charge >= 0.3 is 0 Å². The Bertz CT molecular complexity index is 915. The van der Waals surface area contributed by atoms with Gasteiger partial charge in [-0.1, -0.05) is 47.5 Å². The lowest BCUT2D eigenvalue weighted by molar-refractivity contribution is 0.294. The quantitative estimate of drug-likeness (QED) is 0.260. The number of halogens is 2. The molecular formula is C20H22Cl2N6O. The van der Waals surface area contributed by atoms with Crippen molar-refractivity contribution < 1.29 is 4.74 Å². The zero-order chi connectivity index (χ0) is 20.8. The number of allylic oxidation sites excluding steroid dienone is 2. The average Bonchev–Trinajstić information content (AvgIpc) is 2.67. The fraction of sp³-hybridized carbons (Fsp3) is 0.150. The normalized spacial score (nSPS) is 16.0. The van der Waals surface area contributed by atoms with E-state index in [1.54, 1.807) is 12.1 Å². The van der Waals surface area contributed by atoms with E-state index in [9.17, 15) is 0 Å². The van der Waals surface area contributed by atoms with Crippen LogP contribution in [0, 0.1) is 0 Å². The molecule has 29 heavy (non-hydrogen) atoms. The molecular weight excluding hydrogens is 411 g/mol. The topological polar surface area (TPSA) is 124 Å². The van der Waals surface area contributed by atoms with Gasteiger partial charge in [0, 0.05) is 11.3 Å². The van der Waals surface area contributed by atoms with Crippen molar-refractivity contribution in [2.75, 3.05) is 11.9 Å². The van der Waals surface area contributed by atoms with Crippen molar-refractivity contribution in [2.45, 2.75) is 12.3 Å². The summed E-state index contributed by atoms with van der Waals surface area (Å²) in [6.45, 7) is 0.526. The zero-order valence-electron chi connectivity index (χ0n) is 15.5. The number of nitrogens with one attached hydrogen (secondary N) is 2. The van der Waals surface area contributed by atoms with Gasteiger partial charge in [0.05, 0.1) is 16.1 Å². The third-order valence-corrected chi connectivity index (χ3v) is 4.67. The molecule has 8 N–H and O–H groups in total. The summed E-state index contributed by atoms with van der Waals surface area (Å²) in [5.41, 5.74) is 18.6. The molecule has 3 rings (SSSR count). The number of guanidine groups is 1. The molecule has 1 heterocycles. The first kappa shape index (κ1) is 20.9. The fourth-order valence-electron chi connectivity index (χ4n) is 2.79. The number of rotatable bonds is 7. The highest BCUT2D eigenvalue weighted by Gasteiger charge is 2.13. The fourth-order valence-corrected chi connectivity index (χ4v) is 3.50. The molecule has 0 aliphatic carbocycles. The summed E-state index contributed by atoms with van der Waals surface area (Å²) in [6, 6.07) is 11.1. The first-order valence-electron chi connectivity index (χ1n) is 8.85. The van der Waals surface area contributed by atoms with E-state index >= 15 is 0 Å². The van der Waals surface area contributed by atoms with Gasteiger partial charge in [0.15, 0.2) is 12.2 Å². The van der Waals surface area contributed by atoms with Gasteiger partial charge in [-0.25, -0.2) is 4.99 Å². The minimum Gasteiger partial charge on any atom is -0.491 e. The number of nitrogens with two attached hydrogens (primary N) is 3. The van der Waals surface area contributed by atoms with Gasteiger partial charge in [0.2, 0.25) is 0 Å². The van der Waals surface area contributed by atoms with Crippen LogP contribution in [0.5, 0.6) is 5.75 Å². The number of hydrogen-bond donors (Lipinski definition) is 5. The lowest BCUT2D eigenvalue weighted by atomic mass is 10.0. The first-order valence-corrected chi connectivity index (χ1v) is 9.60. The second-order valence-corrected chi connectivity index (χ2v) is 7.12. The standard InChI is InChI=1S/C20H22Cl2N6O/c21-16-9-14(27-20(25)28-19(23)24)10-17(22)18(16)12-4-6-15(7-5-12)29-11-13-3-1-2-8-26-13/h1-10,13,20,26-27H,11,25H2,(H4,23,24,28). The van der Waals surface area contributed by atoms with Crippen LogP contribution >= 0.6 is 23.2 Å². The molecule has 0 saturated carbocycles. The number of dihydropyridines is 1. The van der Waals surface area contributed by atoms with Crippen molar-refractivity contribution in [3.63, 3.8) is 0 Å². The minimum absolute atomic E-state index is 0.118. The molecule has 1 aliphatic rings. The second-order valence-electron chi connectivity index (χ2n) is 6.31. The van der Waals surface area contributed by atoms with E-state index in [0.29, 0.717) is 27.9 Å². The molecule has 9 heteroatoms. The molecule has 2 aromatic rings. The Morgan fingerprint density at radius 1 is 1.14 bits per heavy atom. The van der Waals surface area contributed by atoms with Crippen LogP contribution in [0.15, 0.2) is 65.8 Å². The molecule has 0 bridgehead atoms. The lowest BCUT2D eigenvalue weighted by Crippen LogP contribution is -2.33. The van der Waals surface area contributed by atoms with Gasteiger partial charge in [-0.3, -0.25) is 5.73 Å². The van der Waals surface area contributed by atoms with E-state index in [2.05, 4.69) is 15.6 Å². The third kappa shape index (κ3) is 5.80. The maximum absolute atomic E-state index is 6.46. The Kier molecular flexibility index (Phi) is 6.87. The van der Waals surface area contributed by atoms with Crippen molar-refractivity contribution in [3.8, 4) is 16.9 Å². The average molecular weight is 433 g/mol. The Hall–Kier alpha value is -2.87. The molecule has 2 atom stereocenters. The highest BCUT2D eigenvalue weighted by molar-refractivity contribution is 6.39. The number of anilines is 1. The third-order valence-electron chi connectivity index (χ3n) is 4.08. The summed E-state index contributed by atoms with van der Waals surface area (Å²) in [5, 5.41) is 7.06. The van der Waals surface area contributed by atoms with Crippen molar-refractivity contribution in [1.82, 2.24) is 5.32 Å². The van der Waals surface area contributed by atoms with Crippen LogP contribution in [0.1, 0.15) is 0 Å². The largest absolute Gasteiger partial charge is 0.491 e. The molecule has 2 aromatic carbocycles. The van der Waals surface area contributed by atoms with Crippen LogP contribution in [0.2, 0.25) is 10.0 Å². The smallest absolute Gasteiger partial charge is 0.189 e. The predicted molar refractivity (Wildman–Crippen MR) is 120 cm³/mol. The van der Waals surface area contributed by atoms with Gasteiger partial charge in [0.25, 0.3) is 0 Å². The monoisotopic (exact) mass is 432 g/mol. The Balaban J connectivity index is 1.70. The van der Waals surface area contributed by atoms with E-state index < -0.39 is 6.29 Å². The summed E-state index contributed by atoms with van der Waals surface area (Å²) < 4.78 is 5.82. The Morgan fingerprint density at radius 2 is 1.83 bits per heavy atom. The number of hydrogen-bond acceptors (Lipinski definition) is 5. The predicted octanol–water partition coefficient (Wildman–Crippen LogP) is 3.01. The minimum atomic E-state index is -0.807. The van der Waals surface area contributed by atoms with Crippen LogP contribution in [0.25, 0.3) is 11.1 Å². The maximum Gasteiger partial charge on any atom is 0.189 e. The molecule has 0 amide bonds. The van der Waals surface area contributed by atoms with E-state index in [1.165, 1.54) is 0 Å². The summed E-state index contributed by atoms with van der Waals surface area (Å²) in [4.78, 5) is 3.80. The van der Waals surface area contributed by atoms with E-state index in [0.717, 1.165) is 11.3 Å². The Labute approximate surface area is 179 Å². The molecule has 0 fully saturated rings. The SMILES string of the molecule is NC(N)=NC(N)Nc1cc(Cl)c(-c2ccc(OCC3C=CC=CN3)cc2)c(Cl)c1. The molecule has 0 aromatic heterocycles. The number of aliphatic imine (C=N–C) groups is 1. The van der Waals surface area contributed by atoms with Crippen LogP contribution in [0.3, 0.4) is 0 Å². The summed E-state index contributed by atoms with van der Waals surface area (Å²) in [5.74, 6) is 0.639. The van der Waals surface area contributed by atoms with Gasteiger partial charge in [-0.2, -0.15) is 0 Å². The van der Waals surface area contributed by atoms with E-state index in [1.807, 2.05) is 48.7 Å². The molecule has 7 nitrogen and oxygen atoms in total.